The number of carbonyl (C=O) groups is 1. The molecule has 0 radical (unpaired) electrons. The molecule has 0 aromatic heterocycles. The number of fused-ring (bicyclic) bond motifs is 4. The van der Waals surface area contributed by atoms with E-state index in [1.807, 2.05) is 32.0 Å². The Labute approximate surface area is 176 Å². The third-order valence-corrected chi connectivity index (χ3v) is 6.65. The summed E-state index contributed by atoms with van der Waals surface area (Å²) in [5, 5.41) is 3.68. The molecule has 0 saturated carbocycles. The number of nitrogens with one attached hydrogen (secondary N) is 1. The number of ether oxygens (including phenoxy) is 1. The summed E-state index contributed by atoms with van der Waals surface area (Å²) in [6.07, 6.45) is 4.33. The van der Waals surface area contributed by atoms with Crippen molar-refractivity contribution in [2.24, 2.45) is 0 Å². The van der Waals surface area contributed by atoms with E-state index in [2.05, 4.69) is 5.32 Å². The molecule has 2 unspecified atom stereocenters. The van der Waals surface area contributed by atoms with E-state index in [1.165, 1.54) is 24.5 Å². The average Bonchev–Trinajstić information content (AvgIpc) is 3.10. The number of nitrogens with zero attached hydrogens (tertiary/aromatic N) is 1. The smallest absolute Gasteiger partial charge is 0.253 e. The Hall–Kier alpha value is -2.66. The fourth-order valence-corrected chi connectivity index (χ4v) is 5.18. The first-order valence-electron chi connectivity index (χ1n) is 11.0. The van der Waals surface area contributed by atoms with Crippen LogP contribution in [0, 0.1) is 5.82 Å². The average molecular weight is 407 g/mol. The molecule has 30 heavy (non-hydrogen) atoms. The molecule has 2 aromatic rings. The van der Waals surface area contributed by atoms with E-state index in [4.69, 9.17) is 4.74 Å². The van der Waals surface area contributed by atoms with Gasteiger partial charge >= 0.3 is 0 Å². The van der Waals surface area contributed by atoms with Crippen molar-refractivity contribution >= 4 is 11.5 Å². The van der Waals surface area contributed by atoms with Crippen LogP contribution in [0.5, 0.6) is 11.5 Å². The Morgan fingerprint density at radius 3 is 2.47 bits per heavy atom. The monoisotopic (exact) mass is 406 g/mol. The van der Waals surface area contributed by atoms with Crippen LogP contribution in [0.2, 0.25) is 0 Å². The number of carbonyl (C=O) groups excluding carboxylic acids is 1. The molecule has 156 valence electrons. The Bertz CT molecular complexity index is 1030. The van der Waals surface area contributed by atoms with Gasteiger partial charge in [0.2, 0.25) is 0 Å². The number of rotatable bonds is 3. The summed E-state index contributed by atoms with van der Waals surface area (Å²) in [5.74, 6) is 1.08. The summed E-state index contributed by atoms with van der Waals surface area (Å²) in [7, 11) is 0. The molecule has 5 heteroatoms. The third kappa shape index (κ3) is 3.21. The number of benzene rings is 2. The molecule has 2 fully saturated rings. The van der Waals surface area contributed by atoms with E-state index in [1.54, 1.807) is 17.0 Å². The highest BCUT2D eigenvalue weighted by atomic mass is 19.1. The highest BCUT2D eigenvalue weighted by Gasteiger charge is 2.34. The molecule has 3 aliphatic rings. The van der Waals surface area contributed by atoms with Gasteiger partial charge in [-0.3, -0.25) is 4.79 Å². The molecule has 1 N–H and O–H groups in total. The molecular weight excluding hydrogens is 379 g/mol. The van der Waals surface area contributed by atoms with Gasteiger partial charge in [0.1, 0.15) is 17.3 Å². The van der Waals surface area contributed by atoms with Crippen molar-refractivity contribution in [2.45, 2.75) is 51.6 Å². The largest absolute Gasteiger partial charge is 0.456 e. The molecule has 3 heterocycles. The number of hydrogen-bond acceptors (Lipinski definition) is 3. The Morgan fingerprint density at radius 1 is 1.03 bits per heavy atom. The number of piperidine rings is 1. The summed E-state index contributed by atoms with van der Waals surface area (Å²) in [6, 6.07) is 11.4. The van der Waals surface area contributed by atoms with E-state index in [-0.39, 0.29) is 11.7 Å². The second kappa shape index (κ2) is 7.55. The number of halogens is 1. The zero-order valence-electron chi connectivity index (χ0n) is 17.5. The SMILES string of the molecule is CCN(CC)C(=O)c1ccc2c(c1)Oc1ccc(F)cc1C2=C1CC2CCC(C1)N2. The van der Waals surface area contributed by atoms with Gasteiger partial charge in [0.05, 0.1) is 0 Å². The third-order valence-electron chi connectivity index (χ3n) is 6.65. The van der Waals surface area contributed by atoms with Crippen molar-refractivity contribution in [3.05, 3.63) is 64.5 Å². The molecule has 5 rings (SSSR count). The maximum atomic E-state index is 14.2. The predicted octanol–water partition coefficient (Wildman–Crippen LogP) is 5.13. The fraction of sp³-hybridized carbons (Fsp3) is 0.400. The van der Waals surface area contributed by atoms with E-state index in [0.29, 0.717) is 42.2 Å². The molecule has 0 spiro atoms. The van der Waals surface area contributed by atoms with Crippen LogP contribution in [0.3, 0.4) is 0 Å². The van der Waals surface area contributed by atoms with Crippen LogP contribution in [0.1, 0.15) is 61.0 Å². The van der Waals surface area contributed by atoms with Crippen LogP contribution in [0.4, 0.5) is 4.39 Å². The molecule has 3 aliphatic heterocycles. The molecule has 2 atom stereocenters. The van der Waals surface area contributed by atoms with Crippen LogP contribution < -0.4 is 10.1 Å². The minimum atomic E-state index is -0.260. The van der Waals surface area contributed by atoms with Crippen LogP contribution in [-0.4, -0.2) is 36.0 Å². The van der Waals surface area contributed by atoms with Crippen molar-refractivity contribution in [2.75, 3.05) is 13.1 Å². The molecule has 2 bridgehead atoms. The van der Waals surface area contributed by atoms with Gasteiger partial charge in [-0.1, -0.05) is 5.57 Å². The maximum absolute atomic E-state index is 14.2. The first kappa shape index (κ1) is 19.3. The van der Waals surface area contributed by atoms with Crippen molar-refractivity contribution in [3.63, 3.8) is 0 Å². The number of hydrogen-bond donors (Lipinski definition) is 1. The van der Waals surface area contributed by atoms with Gasteiger partial charge in [-0.05, 0) is 81.5 Å². The second-order valence-corrected chi connectivity index (χ2v) is 8.46. The quantitative estimate of drug-likeness (QED) is 0.656. The van der Waals surface area contributed by atoms with E-state index >= 15 is 0 Å². The molecular formula is C25H27FN2O2. The van der Waals surface area contributed by atoms with Gasteiger partial charge < -0.3 is 15.0 Å². The molecule has 4 nitrogen and oxygen atoms in total. The first-order chi connectivity index (χ1) is 14.6. The van der Waals surface area contributed by atoms with Crippen molar-refractivity contribution in [1.29, 1.82) is 0 Å². The summed E-state index contributed by atoms with van der Waals surface area (Å²) < 4.78 is 20.3. The van der Waals surface area contributed by atoms with Crippen molar-refractivity contribution in [1.82, 2.24) is 10.2 Å². The summed E-state index contributed by atoms with van der Waals surface area (Å²) >= 11 is 0. The molecule has 0 aliphatic carbocycles. The lowest BCUT2D eigenvalue weighted by Crippen LogP contribution is -2.35. The van der Waals surface area contributed by atoms with Gasteiger partial charge in [0.15, 0.2) is 0 Å². The minimum Gasteiger partial charge on any atom is -0.456 e. The number of amides is 1. The second-order valence-electron chi connectivity index (χ2n) is 8.46. The van der Waals surface area contributed by atoms with Crippen LogP contribution >= 0.6 is 0 Å². The highest BCUT2D eigenvalue weighted by molar-refractivity contribution is 5.97. The van der Waals surface area contributed by atoms with Gasteiger partial charge in [-0.15, -0.1) is 0 Å². The molecule has 2 saturated heterocycles. The van der Waals surface area contributed by atoms with Crippen molar-refractivity contribution < 1.29 is 13.9 Å². The summed E-state index contributed by atoms with van der Waals surface area (Å²) in [6.45, 7) is 5.30. The summed E-state index contributed by atoms with van der Waals surface area (Å²) in [4.78, 5) is 14.7. The van der Waals surface area contributed by atoms with E-state index in [0.717, 1.165) is 29.5 Å². The predicted molar refractivity (Wildman–Crippen MR) is 115 cm³/mol. The fourth-order valence-electron chi connectivity index (χ4n) is 5.18. The van der Waals surface area contributed by atoms with Gasteiger partial charge in [0.25, 0.3) is 5.91 Å². The normalized spacial score (nSPS) is 21.7. The van der Waals surface area contributed by atoms with Gasteiger partial charge in [-0.2, -0.15) is 0 Å². The molecule has 1 amide bonds. The standard InChI is InChI=1S/C25H27FN2O2/c1-3-28(4-2)25(29)15-5-9-20-23(13-15)30-22-10-6-17(26)14-21(22)24(20)16-11-18-7-8-19(12-16)27-18/h5-6,9-10,13-14,18-19,27H,3-4,7-8,11-12H2,1-2H3. The minimum absolute atomic E-state index is 0.00502. The summed E-state index contributed by atoms with van der Waals surface area (Å²) in [5.41, 5.74) is 4.85. The maximum Gasteiger partial charge on any atom is 0.253 e. The van der Waals surface area contributed by atoms with Crippen LogP contribution in [-0.2, 0) is 0 Å². The Kier molecular flexibility index (Phi) is 4.86. The van der Waals surface area contributed by atoms with Crippen molar-refractivity contribution in [3.8, 4) is 11.5 Å². The van der Waals surface area contributed by atoms with Gasteiger partial charge in [0, 0.05) is 41.9 Å². The van der Waals surface area contributed by atoms with Crippen LogP contribution in [0.15, 0.2) is 42.0 Å². The van der Waals surface area contributed by atoms with E-state index in [9.17, 15) is 9.18 Å². The van der Waals surface area contributed by atoms with Crippen LogP contribution in [0.25, 0.3) is 5.57 Å². The topological polar surface area (TPSA) is 41.6 Å². The lowest BCUT2D eigenvalue weighted by atomic mass is 9.84. The van der Waals surface area contributed by atoms with E-state index < -0.39 is 0 Å². The first-order valence-corrected chi connectivity index (χ1v) is 11.0. The molecule has 2 aromatic carbocycles. The Balaban J connectivity index is 1.64. The van der Waals surface area contributed by atoms with Gasteiger partial charge in [-0.25, -0.2) is 4.39 Å². The highest BCUT2D eigenvalue weighted by Crippen LogP contribution is 2.48. The zero-order chi connectivity index (χ0) is 20.8. The lowest BCUT2D eigenvalue weighted by molar-refractivity contribution is 0.0772. The zero-order valence-corrected chi connectivity index (χ0v) is 17.5. The Morgan fingerprint density at radius 2 is 1.77 bits per heavy atom. The lowest BCUT2D eigenvalue weighted by Gasteiger charge is -2.30.